The first-order valence-corrected chi connectivity index (χ1v) is 6.38. The maximum atomic E-state index is 12.8. The summed E-state index contributed by atoms with van der Waals surface area (Å²) in [5.74, 6) is -0.198. The van der Waals surface area contributed by atoms with Crippen molar-refractivity contribution in [2.24, 2.45) is 0 Å². The number of hydrogen-bond acceptors (Lipinski definition) is 0. The van der Waals surface area contributed by atoms with E-state index in [2.05, 4.69) is 15.9 Å². The summed E-state index contributed by atoms with van der Waals surface area (Å²) in [6.45, 7) is 0. The predicted octanol–water partition coefficient (Wildman–Crippen LogP) is 2.07. The Morgan fingerprint density at radius 3 is 2.60 bits per heavy atom. The van der Waals surface area contributed by atoms with Gasteiger partial charge in [-0.15, -0.1) is 0 Å². The third-order valence-electron chi connectivity index (χ3n) is 1.20. The molecule has 50 valence electrons. The molecule has 0 atom stereocenters. The monoisotopic (exact) mass is 232 g/mol. The van der Waals surface area contributed by atoms with Gasteiger partial charge in [-0.25, -0.2) is 4.39 Å². The van der Waals surface area contributed by atoms with Crippen LogP contribution < -0.4 is 3.69 Å². The van der Waals surface area contributed by atoms with Crippen molar-refractivity contribution in [3.05, 3.63) is 28.5 Å². The van der Waals surface area contributed by atoms with Gasteiger partial charge in [0.15, 0.2) is 0 Å². The average Bonchev–Trinajstić information content (AvgIpc) is 1.88. The van der Waals surface area contributed by atoms with Crippen LogP contribution in [-0.2, 0) is 0 Å². The van der Waals surface area contributed by atoms with Crippen LogP contribution in [0.5, 0.6) is 0 Å². The Hall–Kier alpha value is 0.686. The highest BCUT2D eigenvalue weighted by molar-refractivity contribution is 9.10. The Labute approximate surface area is 80.4 Å². The van der Waals surface area contributed by atoms with Crippen LogP contribution in [-0.4, -0.2) is 19.3 Å². The fourth-order valence-electron chi connectivity index (χ4n) is 0.660. The molecule has 0 saturated carbocycles. The largest absolute Gasteiger partial charge is 0.544 e. The molecule has 0 radical (unpaired) electrons. The molecule has 4 heteroatoms. The molecular formula is C6H3BrClFMg. The van der Waals surface area contributed by atoms with E-state index in [1.54, 1.807) is 12.1 Å². The summed E-state index contributed by atoms with van der Waals surface area (Å²) in [4.78, 5) is 0. The van der Waals surface area contributed by atoms with Crippen LogP contribution in [0.25, 0.3) is 0 Å². The van der Waals surface area contributed by atoms with Crippen LogP contribution in [0.4, 0.5) is 4.39 Å². The zero-order chi connectivity index (χ0) is 7.56. The molecule has 0 aliphatic heterocycles. The Morgan fingerprint density at radius 1 is 1.50 bits per heavy atom. The Bertz CT molecular complexity index is 221. The van der Waals surface area contributed by atoms with Gasteiger partial charge in [-0.1, -0.05) is 31.8 Å². The molecule has 0 nitrogen and oxygen atoms in total. The van der Waals surface area contributed by atoms with Crippen molar-refractivity contribution in [3.63, 3.8) is 0 Å². The molecule has 0 unspecified atom stereocenters. The molecule has 0 aliphatic carbocycles. The normalized spacial score (nSPS) is 9.10. The first-order chi connectivity index (χ1) is 4.75. The van der Waals surface area contributed by atoms with Crippen molar-refractivity contribution < 1.29 is 4.39 Å². The van der Waals surface area contributed by atoms with Crippen molar-refractivity contribution in [3.8, 4) is 0 Å². The first kappa shape index (κ1) is 8.78. The van der Waals surface area contributed by atoms with Crippen molar-refractivity contribution in [2.45, 2.75) is 0 Å². The summed E-state index contributed by atoms with van der Waals surface area (Å²) in [6.07, 6.45) is 0. The second-order valence-corrected chi connectivity index (χ2v) is 4.46. The smallest absolute Gasteiger partial charge is 0.335 e. The highest BCUT2D eigenvalue weighted by Gasteiger charge is 2.06. The lowest BCUT2D eigenvalue weighted by Gasteiger charge is -1.99. The van der Waals surface area contributed by atoms with E-state index in [0.717, 1.165) is 4.47 Å². The molecule has 0 N–H and O–H groups in total. The maximum Gasteiger partial charge on any atom is 0.544 e. The van der Waals surface area contributed by atoms with E-state index in [1.165, 1.54) is 6.07 Å². The Balaban J connectivity index is 3.17. The second-order valence-electron chi connectivity index (χ2n) is 1.83. The summed E-state index contributed by atoms with van der Waals surface area (Å²) < 4.78 is 14.2. The third kappa shape index (κ3) is 1.84. The van der Waals surface area contributed by atoms with Crippen molar-refractivity contribution in [1.29, 1.82) is 0 Å². The zero-order valence-corrected chi connectivity index (χ0v) is 8.83. The lowest BCUT2D eigenvalue weighted by Crippen LogP contribution is -2.15. The third-order valence-corrected chi connectivity index (χ3v) is 4.24. The first-order valence-electron chi connectivity index (χ1n) is 2.74. The van der Waals surface area contributed by atoms with Gasteiger partial charge in [0, 0.05) is 0 Å². The minimum Gasteiger partial charge on any atom is -0.335 e. The van der Waals surface area contributed by atoms with Crippen LogP contribution in [0.2, 0.25) is 0 Å². The van der Waals surface area contributed by atoms with Gasteiger partial charge in [0.2, 0.25) is 0 Å². The van der Waals surface area contributed by atoms with Gasteiger partial charge >= 0.3 is 19.3 Å². The minimum absolute atomic E-state index is 0.198. The zero-order valence-electron chi connectivity index (χ0n) is 5.07. The van der Waals surface area contributed by atoms with Crippen LogP contribution in [0.1, 0.15) is 0 Å². The predicted molar refractivity (Wildman–Crippen MR) is 45.3 cm³/mol. The van der Waals surface area contributed by atoms with Crippen LogP contribution in [0.15, 0.2) is 22.7 Å². The fourth-order valence-corrected chi connectivity index (χ4v) is 3.21. The summed E-state index contributed by atoms with van der Waals surface area (Å²) >= 11 is 2.30. The topological polar surface area (TPSA) is 0 Å². The number of halogens is 3. The van der Waals surface area contributed by atoms with Crippen LogP contribution >= 0.6 is 25.0 Å². The summed E-state index contributed by atoms with van der Waals surface area (Å²) in [6, 6.07) is 4.88. The molecular weight excluding hydrogens is 231 g/mol. The van der Waals surface area contributed by atoms with Gasteiger partial charge in [-0.05, 0) is 10.5 Å². The lowest BCUT2D eigenvalue weighted by atomic mass is 10.3. The van der Waals surface area contributed by atoms with E-state index in [-0.39, 0.29) is 5.82 Å². The van der Waals surface area contributed by atoms with Crippen molar-refractivity contribution in [2.75, 3.05) is 0 Å². The van der Waals surface area contributed by atoms with Gasteiger partial charge < -0.3 is 9.07 Å². The van der Waals surface area contributed by atoms with E-state index in [1.807, 2.05) is 0 Å². The highest BCUT2D eigenvalue weighted by Crippen LogP contribution is 2.07. The minimum atomic E-state index is -0.916. The number of benzene rings is 1. The highest BCUT2D eigenvalue weighted by atomic mass is 79.9. The van der Waals surface area contributed by atoms with Gasteiger partial charge in [0.1, 0.15) is 5.82 Å². The van der Waals surface area contributed by atoms with Gasteiger partial charge in [0.25, 0.3) is 0 Å². The molecule has 0 aromatic heterocycles. The summed E-state index contributed by atoms with van der Waals surface area (Å²) in [7, 11) is 5.61. The van der Waals surface area contributed by atoms with E-state index in [0.29, 0.717) is 3.69 Å². The number of hydrogen-bond donors (Lipinski definition) is 0. The van der Waals surface area contributed by atoms with Crippen molar-refractivity contribution in [1.82, 2.24) is 0 Å². The van der Waals surface area contributed by atoms with E-state index in [4.69, 9.17) is 9.07 Å². The second kappa shape index (κ2) is 3.90. The van der Waals surface area contributed by atoms with Gasteiger partial charge in [-0.2, -0.15) is 0 Å². The van der Waals surface area contributed by atoms with Gasteiger partial charge in [0.05, 0.1) is 0 Å². The molecule has 1 aromatic carbocycles. The molecule has 10 heavy (non-hydrogen) atoms. The molecule has 0 heterocycles. The molecule has 0 spiro atoms. The van der Waals surface area contributed by atoms with Crippen LogP contribution in [0, 0.1) is 5.82 Å². The van der Waals surface area contributed by atoms with E-state index >= 15 is 0 Å². The molecule has 1 rings (SSSR count). The number of rotatable bonds is 1. The average molecular weight is 234 g/mol. The lowest BCUT2D eigenvalue weighted by molar-refractivity contribution is 0.635. The van der Waals surface area contributed by atoms with E-state index in [9.17, 15) is 4.39 Å². The van der Waals surface area contributed by atoms with Gasteiger partial charge in [-0.3, -0.25) is 0 Å². The molecule has 0 amide bonds. The molecule has 0 aliphatic rings. The fraction of sp³-hybridized carbons (Fsp3) is 0. The summed E-state index contributed by atoms with van der Waals surface area (Å²) in [5, 5.41) is 0. The molecule has 0 fully saturated rings. The molecule has 0 saturated heterocycles. The summed E-state index contributed by atoms with van der Waals surface area (Å²) in [5.41, 5.74) is 0. The van der Waals surface area contributed by atoms with Crippen molar-refractivity contribution >= 4 is 48.0 Å². The molecule has 1 aromatic rings. The Kier molecular flexibility index (Phi) is 3.43. The SMILES string of the molecule is Fc1cccc(Br)[c]1[Mg][Cl]. The van der Waals surface area contributed by atoms with E-state index < -0.39 is 19.3 Å². The van der Waals surface area contributed by atoms with Crippen LogP contribution in [0.3, 0.4) is 0 Å². The molecule has 0 bridgehead atoms. The maximum absolute atomic E-state index is 12.8. The standard InChI is InChI=1S/C6H3BrF.ClH.Mg/c7-5-2-1-3-6(8)4-5;;/h1-3H;1H;/q;;+1/p-1. The Morgan fingerprint density at radius 2 is 2.20 bits per heavy atom. The quantitative estimate of drug-likeness (QED) is 0.652.